The molecule has 32 heavy (non-hydrogen) atoms. The first kappa shape index (κ1) is 21.5. The molecule has 0 atom stereocenters. The van der Waals surface area contributed by atoms with Gasteiger partial charge in [0.25, 0.3) is 5.91 Å². The summed E-state index contributed by atoms with van der Waals surface area (Å²) in [4.78, 5) is 13.8. The third-order valence-electron chi connectivity index (χ3n) is 4.30. The Bertz CT molecular complexity index is 1270. The molecule has 0 aliphatic rings. The lowest BCUT2D eigenvalue weighted by atomic mass is 10.2. The summed E-state index contributed by atoms with van der Waals surface area (Å²) in [5.74, 6) is 0.00769. The molecule has 0 bridgehead atoms. The predicted molar refractivity (Wildman–Crippen MR) is 121 cm³/mol. The molecule has 0 aliphatic carbocycles. The van der Waals surface area contributed by atoms with Gasteiger partial charge in [-0.2, -0.15) is 9.78 Å². The highest BCUT2D eigenvalue weighted by Crippen LogP contribution is 2.26. The maximum absolute atomic E-state index is 12.8. The Hall–Kier alpha value is -3.70. The van der Waals surface area contributed by atoms with Crippen molar-refractivity contribution >= 4 is 41.3 Å². The Balaban J connectivity index is 1.57. The summed E-state index contributed by atoms with van der Waals surface area (Å²) in [6, 6.07) is 15.1. The fourth-order valence-corrected chi connectivity index (χ4v) is 3.80. The van der Waals surface area contributed by atoms with E-state index in [1.54, 1.807) is 18.2 Å². The number of nitrogens with two attached hydrogens (primary N) is 1. The molecule has 0 saturated carbocycles. The summed E-state index contributed by atoms with van der Waals surface area (Å²) in [7, 11) is 0. The lowest BCUT2D eigenvalue weighted by Crippen LogP contribution is -2.20. The van der Waals surface area contributed by atoms with E-state index in [2.05, 4.69) is 35.8 Å². The molecule has 3 N–H and O–H groups in total. The number of anilines is 1. The number of halogens is 1. The van der Waals surface area contributed by atoms with Crippen molar-refractivity contribution in [3.05, 3.63) is 76.1 Å². The molecule has 0 aliphatic heterocycles. The Morgan fingerprint density at radius 1 is 1.28 bits per heavy atom. The van der Waals surface area contributed by atoms with E-state index < -0.39 is 5.91 Å². The summed E-state index contributed by atoms with van der Waals surface area (Å²) < 4.78 is 6.00. The van der Waals surface area contributed by atoms with Crippen molar-refractivity contribution in [3.8, 4) is 5.82 Å². The highest BCUT2D eigenvalue weighted by Gasteiger charge is 2.24. The Morgan fingerprint density at radius 3 is 2.81 bits per heavy atom. The van der Waals surface area contributed by atoms with Gasteiger partial charge in [0.15, 0.2) is 5.69 Å². The second-order valence-electron chi connectivity index (χ2n) is 6.63. The Morgan fingerprint density at radius 2 is 2.09 bits per heavy atom. The lowest BCUT2D eigenvalue weighted by Gasteiger charge is -2.06. The molecular formula is C20H17ClN8O2S. The first-order chi connectivity index (χ1) is 15.5. The third kappa shape index (κ3) is 4.95. The number of hydrazone groups is 1. The van der Waals surface area contributed by atoms with Crippen LogP contribution in [0.3, 0.4) is 0 Å². The van der Waals surface area contributed by atoms with Crippen LogP contribution in [-0.2, 0) is 5.75 Å². The summed E-state index contributed by atoms with van der Waals surface area (Å²) in [5.41, 5.74) is 10.7. The fourth-order valence-electron chi connectivity index (χ4n) is 2.71. The minimum absolute atomic E-state index is 0.0300. The number of amides is 1. The fraction of sp³-hybridized carbons (Fsp3) is 0.100. The molecule has 2 aromatic carbocycles. The zero-order valence-corrected chi connectivity index (χ0v) is 18.3. The minimum atomic E-state index is -0.538. The number of hydrogen-bond donors (Lipinski definition) is 2. The van der Waals surface area contributed by atoms with Gasteiger partial charge in [-0.05, 0) is 47.1 Å². The summed E-state index contributed by atoms with van der Waals surface area (Å²) in [5, 5.41) is 19.9. The highest BCUT2D eigenvalue weighted by molar-refractivity contribution is 7.98. The molecule has 0 radical (unpaired) electrons. The molecule has 0 fully saturated rings. The number of aromatic nitrogens is 5. The first-order valence-corrected chi connectivity index (χ1v) is 10.7. The van der Waals surface area contributed by atoms with Gasteiger partial charge in [-0.25, -0.2) is 10.1 Å². The van der Waals surface area contributed by atoms with E-state index in [1.807, 2.05) is 37.3 Å². The first-order valence-electron chi connectivity index (χ1n) is 9.32. The maximum atomic E-state index is 12.8. The van der Waals surface area contributed by atoms with E-state index in [4.69, 9.17) is 17.3 Å². The van der Waals surface area contributed by atoms with Gasteiger partial charge in [0, 0.05) is 15.7 Å². The SMILES string of the molecule is Cc1ccc(SCc2c(C(=O)N/N=C\c3cccc(Cl)c3)nnn2-c2nonc2N)cc1. The van der Waals surface area contributed by atoms with E-state index in [0.717, 1.165) is 16.0 Å². The van der Waals surface area contributed by atoms with Crippen LogP contribution < -0.4 is 11.2 Å². The normalized spacial score (nSPS) is 11.2. The Labute approximate surface area is 191 Å². The number of benzene rings is 2. The van der Waals surface area contributed by atoms with Crippen LogP contribution in [0.5, 0.6) is 0 Å². The van der Waals surface area contributed by atoms with Gasteiger partial charge in [-0.15, -0.1) is 16.9 Å². The number of thioether (sulfide) groups is 1. The number of nitrogens with one attached hydrogen (secondary N) is 1. The van der Waals surface area contributed by atoms with Crippen LogP contribution in [0.4, 0.5) is 5.82 Å². The van der Waals surface area contributed by atoms with E-state index in [-0.39, 0.29) is 17.3 Å². The third-order valence-corrected chi connectivity index (χ3v) is 5.56. The standard InChI is InChI=1S/C20H17ClN8O2S/c1-12-5-7-15(8-6-12)32-11-16-17(24-28-29(16)19-18(22)26-31-27-19)20(30)25-23-10-13-3-2-4-14(21)9-13/h2-10H,11H2,1H3,(H2,22,26)(H,25,30)/b23-10-. The number of rotatable bonds is 7. The average molecular weight is 469 g/mol. The second-order valence-corrected chi connectivity index (χ2v) is 8.11. The van der Waals surface area contributed by atoms with Gasteiger partial charge in [-0.1, -0.05) is 46.6 Å². The second kappa shape index (κ2) is 9.62. The minimum Gasteiger partial charge on any atom is -0.378 e. The van der Waals surface area contributed by atoms with Gasteiger partial charge >= 0.3 is 0 Å². The van der Waals surface area contributed by atoms with Gasteiger partial charge in [0.1, 0.15) is 0 Å². The Kier molecular flexibility index (Phi) is 6.47. The van der Waals surface area contributed by atoms with Gasteiger partial charge in [0.2, 0.25) is 11.6 Å². The molecule has 0 unspecified atom stereocenters. The summed E-state index contributed by atoms with van der Waals surface area (Å²) >= 11 is 7.46. The number of aryl methyl sites for hydroxylation is 1. The van der Waals surface area contributed by atoms with Crippen molar-refractivity contribution in [1.82, 2.24) is 30.7 Å². The van der Waals surface area contributed by atoms with Crippen LogP contribution in [0.15, 0.2) is 63.2 Å². The number of nitrogens with zero attached hydrogens (tertiary/aromatic N) is 6. The van der Waals surface area contributed by atoms with Crippen molar-refractivity contribution < 1.29 is 9.42 Å². The summed E-state index contributed by atoms with van der Waals surface area (Å²) in [6.07, 6.45) is 1.48. The van der Waals surface area contributed by atoms with Crippen LogP contribution in [0.25, 0.3) is 5.82 Å². The van der Waals surface area contributed by atoms with Gasteiger partial charge in [-0.3, -0.25) is 4.79 Å². The zero-order valence-electron chi connectivity index (χ0n) is 16.8. The predicted octanol–water partition coefficient (Wildman–Crippen LogP) is 3.25. The van der Waals surface area contributed by atoms with Crippen LogP contribution in [0.2, 0.25) is 5.02 Å². The maximum Gasteiger partial charge on any atom is 0.293 e. The van der Waals surface area contributed by atoms with Crippen molar-refractivity contribution in [2.45, 2.75) is 17.6 Å². The average Bonchev–Trinajstić information content (AvgIpc) is 3.39. The lowest BCUT2D eigenvalue weighted by molar-refractivity contribution is 0.0949. The largest absolute Gasteiger partial charge is 0.378 e. The zero-order chi connectivity index (χ0) is 22.5. The molecular weight excluding hydrogens is 452 g/mol. The van der Waals surface area contributed by atoms with Crippen molar-refractivity contribution in [2.75, 3.05) is 5.73 Å². The van der Waals surface area contributed by atoms with E-state index >= 15 is 0 Å². The van der Waals surface area contributed by atoms with E-state index in [0.29, 0.717) is 16.5 Å². The topological polar surface area (TPSA) is 137 Å². The quantitative estimate of drug-likeness (QED) is 0.239. The number of nitrogen functional groups attached to an aromatic ring is 1. The van der Waals surface area contributed by atoms with Crippen molar-refractivity contribution in [2.24, 2.45) is 5.10 Å². The van der Waals surface area contributed by atoms with Crippen molar-refractivity contribution in [1.29, 1.82) is 0 Å². The number of carbonyl (C=O) groups excluding carboxylic acids is 1. The van der Waals surface area contributed by atoms with Crippen molar-refractivity contribution in [3.63, 3.8) is 0 Å². The van der Waals surface area contributed by atoms with Crippen LogP contribution in [0, 0.1) is 6.92 Å². The smallest absolute Gasteiger partial charge is 0.293 e. The number of hydrogen-bond acceptors (Lipinski definition) is 9. The van der Waals surface area contributed by atoms with Gasteiger partial charge in [0.05, 0.1) is 11.9 Å². The van der Waals surface area contributed by atoms with Gasteiger partial charge < -0.3 is 5.73 Å². The molecule has 2 heterocycles. The van der Waals surface area contributed by atoms with E-state index in [9.17, 15) is 4.79 Å². The van der Waals surface area contributed by atoms with Crippen LogP contribution >= 0.6 is 23.4 Å². The molecule has 4 aromatic rings. The number of carbonyl (C=O) groups is 1. The molecule has 162 valence electrons. The van der Waals surface area contributed by atoms with E-state index in [1.165, 1.54) is 22.7 Å². The molecule has 0 spiro atoms. The summed E-state index contributed by atoms with van der Waals surface area (Å²) in [6.45, 7) is 2.01. The highest BCUT2D eigenvalue weighted by atomic mass is 35.5. The molecule has 2 aromatic heterocycles. The van der Waals surface area contributed by atoms with Crippen LogP contribution in [0.1, 0.15) is 27.3 Å². The molecule has 10 nitrogen and oxygen atoms in total. The molecule has 12 heteroatoms. The molecule has 1 amide bonds. The molecule has 0 saturated heterocycles. The monoisotopic (exact) mass is 468 g/mol. The van der Waals surface area contributed by atoms with Crippen LogP contribution in [-0.4, -0.2) is 37.4 Å². The molecule has 4 rings (SSSR count).